The van der Waals surface area contributed by atoms with E-state index in [9.17, 15) is 13.5 Å². The zero-order valence-corrected chi connectivity index (χ0v) is 11.7. The Morgan fingerprint density at radius 3 is 2.89 bits per heavy atom. The van der Waals surface area contributed by atoms with Crippen molar-refractivity contribution in [3.63, 3.8) is 0 Å². The van der Waals surface area contributed by atoms with E-state index in [1.165, 1.54) is 27.4 Å². The number of phenolic OH excluding ortho intramolecular Hbond substituents is 1. The Kier molecular flexibility index (Phi) is 3.08. The highest BCUT2D eigenvalue weighted by atomic mass is 32.2. The molecule has 0 atom stereocenters. The van der Waals surface area contributed by atoms with Gasteiger partial charge in [-0.2, -0.15) is 4.31 Å². The molecule has 1 aliphatic heterocycles. The van der Waals surface area contributed by atoms with Crippen LogP contribution in [0, 0.1) is 0 Å². The van der Waals surface area contributed by atoms with Gasteiger partial charge in [0.2, 0.25) is 10.0 Å². The second-order valence-corrected chi connectivity index (χ2v) is 7.39. The van der Waals surface area contributed by atoms with E-state index < -0.39 is 10.0 Å². The zero-order chi connectivity index (χ0) is 13.5. The Morgan fingerprint density at radius 2 is 2.11 bits per heavy atom. The van der Waals surface area contributed by atoms with Crippen LogP contribution >= 0.6 is 11.3 Å². The van der Waals surface area contributed by atoms with E-state index in [4.69, 9.17) is 0 Å². The summed E-state index contributed by atoms with van der Waals surface area (Å²) < 4.78 is 26.4. The smallest absolute Gasteiger partial charge is 0.243 e. The molecule has 0 unspecified atom stereocenters. The quantitative estimate of drug-likeness (QED) is 0.924. The first-order valence-corrected chi connectivity index (χ1v) is 8.24. The number of nitrogens with zero attached hydrogens (tertiary/aromatic N) is 1. The van der Waals surface area contributed by atoms with Gasteiger partial charge >= 0.3 is 0 Å². The van der Waals surface area contributed by atoms with Crippen LogP contribution in [-0.4, -0.2) is 24.4 Å². The van der Waals surface area contributed by atoms with Crippen molar-refractivity contribution in [1.29, 1.82) is 0 Å². The van der Waals surface area contributed by atoms with Crippen LogP contribution in [0.2, 0.25) is 0 Å². The lowest BCUT2D eigenvalue weighted by molar-refractivity contribution is 0.393. The predicted molar refractivity (Wildman–Crippen MR) is 73.7 cm³/mol. The summed E-state index contributed by atoms with van der Waals surface area (Å²) in [4.78, 5) is 1.41. The Morgan fingerprint density at radius 1 is 1.26 bits per heavy atom. The largest absolute Gasteiger partial charge is 0.508 e. The van der Waals surface area contributed by atoms with E-state index in [0.717, 1.165) is 12.0 Å². The van der Waals surface area contributed by atoms with E-state index in [-0.39, 0.29) is 10.6 Å². The van der Waals surface area contributed by atoms with Gasteiger partial charge < -0.3 is 5.11 Å². The molecule has 0 saturated heterocycles. The summed E-state index contributed by atoms with van der Waals surface area (Å²) in [5.74, 6) is -0.0330. The Hall–Kier alpha value is -1.37. The number of phenols is 1. The molecule has 1 aliphatic rings. The Labute approximate surface area is 116 Å². The van der Waals surface area contributed by atoms with Gasteiger partial charge in [-0.05, 0) is 41.6 Å². The molecule has 4 nitrogen and oxygen atoms in total. The second kappa shape index (κ2) is 4.63. The first kappa shape index (κ1) is 12.7. The molecule has 0 radical (unpaired) electrons. The number of fused-ring (bicyclic) bond motifs is 1. The second-order valence-electron chi connectivity index (χ2n) is 4.45. The van der Waals surface area contributed by atoms with Crippen molar-refractivity contribution in [3.05, 3.63) is 46.2 Å². The van der Waals surface area contributed by atoms with E-state index in [0.29, 0.717) is 13.1 Å². The zero-order valence-electron chi connectivity index (χ0n) is 10.1. The van der Waals surface area contributed by atoms with Gasteiger partial charge in [0, 0.05) is 18.0 Å². The molecule has 1 aromatic heterocycles. The molecule has 1 aromatic carbocycles. The van der Waals surface area contributed by atoms with Gasteiger partial charge in [0.05, 0.1) is 4.90 Å². The average Bonchev–Trinajstić information content (AvgIpc) is 2.85. The minimum absolute atomic E-state index is 0.0330. The van der Waals surface area contributed by atoms with Crippen molar-refractivity contribution in [2.24, 2.45) is 0 Å². The van der Waals surface area contributed by atoms with E-state index >= 15 is 0 Å². The molecule has 0 aliphatic carbocycles. The number of benzene rings is 1. The fourth-order valence-corrected chi connectivity index (χ4v) is 4.57. The van der Waals surface area contributed by atoms with Crippen LogP contribution in [0.15, 0.2) is 40.6 Å². The number of aromatic hydroxyl groups is 1. The molecule has 0 bridgehead atoms. The number of thiophene rings is 1. The van der Waals surface area contributed by atoms with Gasteiger partial charge in [-0.1, -0.05) is 6.07 Å². The number of sulfonamides is 1. The summed E-state index contributed by atoms with van der Waals surface area (Å²) in [6.07, 6.45) is 0.755. The summed E-state index contributed by atoms with van der Waals surface area (Å²) >= 11 is 1.67. The molecule has 0 saturated carbocycles. The molecule has 2 heterocycles. The highest BCUT2D eigenvalue weighted by molar-refractivity contribution is 7.89. The molecule has 6 heteroatoms. The molecular formula is C13H13NO3S2. The highest BCUT2D eigenvalue weighted by Gasteiger charge is 2.28. The fraction of sp³-hybridized carbons (Fsp3) is 0.231. The maximum atomic E-state index is 12.5. The van der Waals surface area contributed by atoms with Gasteiger partial charge in [-0.25, -0.2) is 8.42 Å². The lowest BCUT2D eigenvalue weighted by atomic mass is 10.1. The van der Waals surface area contributed by atoms with Crippen LogP contribution in [0.1, 0.15) is 10.4 Å². The Bertz CT molecular complexity index is 706. The maximum Gasteiger partial charge on any atom is 0.243 e. The first-order valence-electron chi connectivity index (χ1n) is 5.92. The van der Waals surface area contributed by atoms with Gasteiger partial charge in [0.15, 0.2) is 0 Å². The SMILES string of the molecule is O=S(=O)(c1cccc(O)c1)N1CCc2sccc2C1. The van der Waals surface area contributed by atoms with Crippen LogP contribution in [0.5, 0.6) is 5.75 Å². The van der Waals surface area contributed by atoms with Crippen LogP contribution in [0.25, 0.3) is 0 Å². The Balaban J connectivity index is 1.94. The third-order valence-electron chi connectivity index (χ3n) is 3.23. The van der Waals surface area contributed by atoms with E-state index in [1.807, 2.05) is 11.4 Å². The van der Waals surface area contributed by atoms with Gasteiger partial charge in [0.25, 0.3) is 0 Å². The normalized spacial score (nSPS) is 16.2. The lowest BCUT2D eigenvalue weighted by Gasteiger charge is -2.26. The lowest BCUT2D eigenvalue weighted by Crippen LogP contribution is -2.35. The van der Waals surface area contributed by atoms with Crippen LogP contribution in [0.4, 0.5) is 0 Å². The van der Waals surface area contributed by atoms with Crippen LogP contribution < -0.4 is 0 Å². The van der Waals surface area contributed by atoms with E-state index in [1.54, 1.807) is 17.4 Å². The summed E-state index contributed by atoms with van der Waals surface area (Å²) in [5.41, 5.74) is 1.08. The minimum Gasteiger partial charge on any atom is -0.508 e. The van der Waals surface area contributed by atoms with Crippen molar-refractivity contribution in [3.8, 4) is 5.75 Å². The summed E-state index contributed by atoms with van der Waals surface area (Å²) in [6, 6.07) is 7.79. The molecule has 19 heavy (non-hydrogen) atoms. The standard InChI is InChI=1S/C13H13NO3S2/c15-11-2-1-3-12(8-11)19(16,17)14-6-4-13-10(9-14)5-7-18-13/h1-3,5,7-8,15H,4,6,9H2. The molecule has 1 N–H and O–H groups in total. The van der Waals surface area contributed by atoms with Crippen molar-refractivity contribution >= 4 is 21.4 Å². The fourth-order valence-electron chi connectivity index (χ4n) is 2.22. The van der Waals surface area contributed by atoms with E-state index in [2.05, 4.69) is 0 Å². The van der Waals surface area contributed by atoms with Crippen LogP contribution in [-0.2, 0) is 23.0 Å². The third kappa shape index (κ3) is 2.27. The molecule has 0 spiro atoms. The molecule has 3 rings (SSSR count). The van der Waals surface area contributed by atoms with Crippen LogP contribution in [0.3, 0.4) is 0 Å². The summed E-state index contributed by atoms with van der Waals surface area (Å²) in [6.45, 7) is 0.905. The number of hydrogen-bond donors (Lipinski definition) is 1. The summed E-state index contributed by atoms with van der Waals surface area (Å²) in [7, 11) is -3.53. The van der Waals surface area contributed by atoms with Gasteiger partial charge in [-0.3, -0.25) is 0 Å². The van der Waals surface area contributed by atoms with Crippen molar-refractivity contribution in [1.82, 2.24) is 4.31 Å². The number of hydrogen-bond acceptors (Lipinski definition) is 4. The maximum absolute atomic E-state index is 12.5. The van der Waals surface area contributed by atoms with Crippen molar-refractivity contribution < 1.29 is 13.5 Å². The van der Waals surface area contributed by atoms with Crippen molar-refractivity contribution in [2.45, 2.75) is 17.9 Å². The molecular weight excluding hydrogens is 282 g/mol. The topological polar surface area (TPSA) is 57.6 Å². The van der Waals surface area contributed by atoms with Gasteiger partial charge in [0.1, 0.15) is 5.75 Å². The average molecular weight is 295 g/mol. The monoisotopic (exact) mass is 295 g/mol. The number of rotatable bonds is 2. The van der Waals surface area contributed by atoms with Crippen molar-refractivity contribution in [2.75, 3.05) is 6.54 Å². The minimum atomic E-state index is -3.53. The van der Waals surface area contributed by atoms with Gasteiger partial charge in [-0.15, -0.1) is 11.3 Å². The predicted octanol–water partition coefficient (Wildman–Crippen LogP) is 2.20. The molecule has 2 aromatic rings. The first-order chi connectivity index (χ1) is 9.07. The third-order valence-corrected chi connectivity index (χ3v) is 6.09. The summed E-state index contributed by atoms with van der Waals surface area (Å²) in [5, 5.41) is 11.4. The molecule has 0 amide bonds. The molecule has 100 valence electrons. The molecule has 0 fully saturated rings. The highest BCUT2D eigenvalue weighted by Crippen LogP contribution is 2.28.